The van der Waals surface area contributed by atoms with Gasteiger partial charge in [-0.15, -0.1) is 0 Å². The Labute approximate surface area is 261 Å². The number of nitrogens with zero attached hydrogens (tertiary/aromatic N) is 1. The minimum atomic E-state index is -1.22. The number of hydrogen-bond donors (Lipinski definition) is 1. The Bertz CT molecular complexity index is 1270. The molecule has 1 fully saturated rings. The van der Waals surface area contributed by atoms with Crippen molar-refractivity contribution in [1.29, 1.82) is 0 Å². The fraction of sp³-hybridized carbons (Fsp3) is 0.571. The van der Waals surface area contributed by atoms with Gasteiger partial charge in [0.15, 0.2) is 0 Å². The predicted molar refractivity (Wildman–Crippen MR) is 166 cm³/mol. The van der Waals surface area contributed by atoms with Crippen molar-refractivity contribution in [2.75, 3.05) is 20.3 Å². The van der Waals surface area contributed by atoms with Crippen molar-refractivity contribution in [3.05, 3.63) is 71.3 Å². The summed E-state index contributed by atoms with van der Waals surface area (Å²) in [6.45, 7) is 7.27. The normalized spacial score (nSPS) is 23.2. The highest BCUT2D eigenvalue weighted by Gasteiger charge is 2.59. The molecule has 240 valence electrons. The SMILES string of the molecule is CCCCCCCCN1C(=O)[C@@H](CC(=O)NCc2ccc(C)o2)C[C@@]2(C(=O)OC)C1=C[C@H](COCc1ccccc1)O[C@@H]2C. The largest absolute Gasteiger partial charge is 0.468 e. The number of ether oxygens (including phenoxy) is 3. The van der Waals surface area contributed by atoms with Crippen LogP contribution in [-0.2, 0) is 41.7 Å². The minimum Gasteiger partial charge on any atom is -0.468 e. The molecule has 44 heavy (non-hydrogen) atoms. The average Bonchev–Trinajstić information content (AvgIpc) is 3.44. The van der Waals surface area contributed by atoms with E-state index in [0.717, 1.165) is 43.4 Å². The lowest BCUT2D eigenvalue weighted by atomic mass is 9.66. The number of likely N-dealkylation sites (tertiary alicyclic amines) is 1. The monoisotopic (exact) mass is 608 g/mol. The van der Waals surface area contributed by atoms with Gasteiger partial charge in [0.05, 0.1) is 33.0 Å². The van der Waals surface area contributed by atoms with Gasteiger partial charge in [-0.05, 0) is 50.5 Å². The van der Waals surface area contributed by atoms with Gasteiger partial charge in [0.1, 0.15) is 23.0 Å². The molecule has 4 atom stereocenters. The number of piperidine rings is 1. The molecule has 0 saturated carbocycles. The number of fused-ring (bicyclic) bond motifs is 1. The number of benzene rings is 1. The fourth-order valence-corrected chi connectivity index (χ4v) is 6.36. The second-order valence-corrected chi connectivity index (χ2v) is 12.0. The van der Waals surface area contributed by atoms with E-state index < -0.39 is 29.5 Å². The van der Waals surface area contributed by atoms with E-state index in [1.165, 1.54) is 13.5 Å². The first-order valence-corrected chi connectivity index (χ1v) is 16.0. The zero-order chi connectivity index (χ0) is 31.5. The first-order chi connectivity index (χ1) is 21.3. The van der Waals surface area contributed by atoms with E-state index in [1.807, 2.05) is 62.4 Å². The number of amides is 2. The molecule has 0 unspecified atom stereocenters. The lowest BCUT2D eigenvalue weighted by molar-refractivity contribution is -0.178. The number of methoxy groups -OCH3 is 1. The minimum absolute atomic E-state index is 0.0477. The second kappa shape index (κ2) is 16.0. The molecule has 3 heterocycles. The quantitative estimate of drug-likeness (QED) is 0.188. The van der Waals surface area contributed by atoms with Crippen molar-refractivity contribution in [3.63, 3.8) is 0 Å². The fourth-order valence-electron chi connectivity index (χ4n) is 6.36. The van der Waals surface area contributed by atoms with E-state index in [-0.39, 0.29) is 37.8 Å². The van der Waals surface area contributed by atoms with Crippen LogP contribution in [0.4, 0.5) is 0 Å². The zero-order valence-electron chi connectivity index (χ0n) is 26.6. The Morgan fingerprint density at radius 1 is 1.07 bits per heavy atom. The van der Waals surface area contributed by atoms with Gasteiger partial charge < -0.3 is 28.8 Å². The van der Waals surface area contributed by atoms with Crippen LogP contribution >= 0.6 is 0 Å². The molecule has 9 heteroatoms. The highest BCUT2D eigenvalue weighted by atomic mass is 16.6. The smallest absolute Gasteiger partial charge is 0.320 e. The molecular weight excluding hydrogens is 560 g/mol. The molecule has 1 N–H and O–H groups in total. The molecule has 2 aromatic rings. The van der Waals surface area contributed by atoms with Crippen LogP contribution in [0, 0.1) is 18.3 Å². The number of carbonyl (C=O) groups excluding carboxylic acids is 3. The van der Waals surface area contributed by atoms with Gasteiger partial charge in [0.25, 0.3) is 0 Å². The van der Waals surface area contributed by atoms with Crippen LogP contribution in [0.5, 0.6) is 0 Å². The van der Waals surface area contributed by atoms with Crippen LogP contribution in [0.15, 0.2) is 58.7 Å². The molecule has 1 aromatic carbocycles. The van der Waals surface area contributed by atoms with E-state index >= 15 is 0 Å². The van der Waals surface area contributed by atoms with Gasteiger partial charge in [0.2, 0.25) is 11.8 Å². The number of unbranched alkanes of at least 4 members (excludes halogenated alkanes) is 5. The van der Waals surface area contributed by atoms with E-state index in [2.05, 4.69) is 12.2 Å². The third-order valence-corrected chi connectivity index (χ3v) is 8.71. The highest BCUT2D eigenvalue weighted by Crippen LogP contribution is 2.50. The summed E-state index contributed by atoms with van der Waals surface area (Å²) in [6, 6.07) is 13.5. The first-order valence-electron chi connectivity index (χ1n) is 16.0. The Balaban J connectivity index is 1.55. The zero-order valence-corrected chi connectivity index (χ0v) is 26.6. The molecule has 0 aliphatic carbocycles. The molecule has 0 bridgehead atoms. The Hall–Kier alpha value is -3.43. The Morgan fingerprint density at radius 3 is 2.52 bits per heavy atom. The summed E-state index contributed by atoms with van der Waals surface area (Å²) in [4.78, 5) is 42.6. The molecule has 1 aromatic heterocycles. The molecule has 9 nitrogen and oxygen atoms in total. The first kappa shape index (κ1) is 33.5. The van der Waals surface area contributed by atoms with Gasteiger partial charge in [-0.25, -0.2) is 0 Å². The summed E-state index contributed by atoms with van der Waals surface area (Å²) in [5.74, 6) is -0.191. The number of rotatable bonds is 16. The number of aryl methyl sites for hydroxylation is 1. The van der Waals surface area contributed by atoms with Crippen molar-refractivity contribution in [1.82, 2.24) is 10.2 Å². The molecule has 2 aliphatic heterocycles. The van der Waals surface area contributed by atoms with Crippen molar-refractivity contribution >= 4 is 17.8 Å². The maximum Gasteiger partial charge on any atom is 0.320 e. The summed E-state index contributed by atoms with van der Waals surface area (Å²) in [5.41, 5.74) is 0.440. The van der Waals surface area contributed by atoms with Gasteiger partial charge in [0, 0.05) is 24.6 Å². The maximum atomic E-state index is 14.1. The lowest BCUT2D eigenvalue weighted by Gasteiger charge is -2.51. The van der Waals surface area contributed by atoms with E-state index in [0.29, 0.717) is 24.6 Å². The molecular formula is C35H48N2O7. The highest BCUT2D eigenvalue weighted by molar-refractivity contribution is 5.92. The topological polar surface area (TPSA) is 107 Å². The van der Waals surface area contributed by atoms with Gasteiger partial charge in [-0.1, -0.05) is 69.4 Å². The number of nitrogens with one attached hydrogen (secondary N) is 1. The summed E-state index contributed by atoms with van der Waals surface area (Å²) in [7, 11) is 1.36. The molecule has 2 aliphatic rings. The third kappa shape index (κ3) is 8.18. The summed E-state index contributed by atoms with van der Waals surface area (Å²) in [6.07, 6.45) is 7.27. The average molecular weight is 609 g/mol. The van der Waals surface area contributed by atoms with Crippen LogP contribution in [-0.4, -0.2) is 55.2 Å². The van der Waals surface area contributed by atoms with Gasteiger partial charge in [-0.3, -0.25) is 14.4 Å². The summed E-state index contributed by atoms with van der Waals surface area (Å²) >= 11 is 0. The molecule has 1 saturated heterocycles. The predicted octanol–water partition coefficient (Wildman–Crippen LogP) is 5.85. The van der Waals surface area contributed by atoms with Crippen molar-refractivity contribution < 1.29 is 33.0 Å². The second-order valence-electron chi connectivity index (χ2n) is 12.0. The van der Waals surface area contributed by atoms with Crippen molar-refractivity contribution in [2.24, 2.45) is 11.3 Å². The van der Waals surface area contributed by atoms with E-state index in [1.54, 1.807) is 4.90 Å². The van der Waals surface area contributed by atoms with E-state index in [4.69, 9.17) is 18.6 Å². The van der Waals surface area contributed by atoms with Crippen LogP contribution < -0.4 is 5.32 Å². The van der Waals surface area contributed by atoms with Gasteiger partial charge >= 0.3 is 5.97 Å². The van der Waals surface area contributed by atoms with Crippen LogP contribution in [0.1, 0.15) is 82.3 Å². The lowest BCUT2D eigenvalue weighted by Crippen LogP contribution is -2.60. The van der Waals surface area contributed by atoms with Crippen molar-refractivity contribution in [2.45, 2.75) is 97.5 Å². The molecule has 0 spiro atoms. The third-order valence-electron chi connectivity index (χ3n) is 8.71. The summed E-state index contributed by atoms with van der Waals surface area (Å²) in [5, 5.41) is 2.87. The van der Waals surface area contributed by atoms with Crippen molar-refractivity contribution in [3.8, 4) is 0 Å². The molecule has 0 radical (unpaired) electrons. The molecule has 2 amide bonds. The van der Waals surface area contributed by atoms with Crippen LogP contribution in [0.2, 0.25) is 0 Å². The standard InChI is InChI=1S/C35H48N2O7/c1-5-6-7-8-9-13-18-37-31-20-30(24-42-23-27-14-11-10-12-15-27)44-26(3)35(31,34(40)41-4)21-28(33(37)39)19-32(38)36-22-29-17-16-25(2)43-29/h10-12,14-17,20,26,28,30H,5-9,13,18-19,21-24H2,1-4H3,(H,36,38)/t26-,28+,30-,35+/m1/s1. The Kier molecular flexibility index (Phi) is 12.2. The summed E-state index contributed by atoms with van der Waals surface area (Å²) < 4.78 is 23.3. The number of esters is 1. The molecule has 4 rings (SSSR count). The van der Waals surface area contributed by atoms with E-state index in [9.17, 15) is 14.4 Å². The van der Waals surface area contributed by atoms with Crippen LogP contribution in [0.25, 0.3) is 0 Å². The number of carbonyl (C=O) groups is 3. The number of furan rings is 1. The maximum absolute atomic E-state index is 14.1. The Morgan fingerprint density at radius 2 is 1.82 bits per heavy atom. The number of hydrogen-bond acceptors (Lipinski definition) is 7. The van der Waals surface area contributed by atoms with Crippen LogP contribution in [0.3, 0.4) is 0 Å². The van der Waals surface area contributed by atoms with Gasteiger partial charge in [-0.2, -0.15) is 0 Å².